The number of hydrogen-bond acceptors (Lipinski definition) is 3. The first-order chi connectivity index (χ1) is 10.8. The van der Waals surface area contributed by atoms with Crippen molar-refractivity contribution in [2.24, 2.45) is 7.05 Å². The molecule has 3 nitrogen and oxygen atoms in total. The van der Waals surface area contributed by atoms with E-state index in [1.807, 2.05) is 48.3 Å². The van der Waals surface area contributed by atoms with Gasteiger partial charge in [0.25, 0.3) is 0 Å². The zero-order valence-electron chi connectivity index (χ0n) is 12.2. The maximum Gasteiger partial charge on any atom is 0.167 e. The third-order valence-electron chi connectivity index (χ3n) is 3.46. The van der Waals surface area contributed by atoms with Crippen LogP contribution in [0.2, 0.25) is 0 Å². The van der Waals surface area contributed by atoms with E-state index in [4.69, 9.17) is 0 Å². The summed E-state index contributed by atoms with van der Waals surface area (Å²) in [6.45, 7) is 0. The summed E-state index contributed by atoms with van der Waals surface area (Å²) >= 11 is 1.72. The zero-order valence-corrected chi connectivity index (χ0v) is 13.0. The average Bonchev–Trinajstić information content (AvgIpc) is 2.98. The largest absolute Gasteiger partial charge is 0.329 e. The molecule has 0 bridgehead atoms. The van der Waals surface area contributed by atoms with E-state index in [2.05, 4.69) is 35.3 Å². The summed E-state index contributed by atoms with van der Waals surface area (Å²) in [6.07, 6.45) is 3.76. The van der Waals surface area contributed by atoms with E-state index in [1.54, 1.807) is 11.8 Å². The number of benzene rings is 2. The Kier molecular flexibility index (Phi) is 4.27. The quantitative estimate of drug-likeness (QED) is 0.677. The summed E-state index contributed by atoms with van der Waals surface area (Å²) in [7, 11) is 2.00. The van der Waals surface area contributed by atoms with Crippen LogP contribution >= 0.6 is 11.8 Å². The molecule has 0 aliphatic heterocycles. The standard InChI is InChI=1S/C18H15N3S/c1-21-11-10-20-18(21)22-13-14-6-8-15(9-7-14)17-5-3-2-4-16(17)12-19/h2-11H,13H2,1H3. The molecule has 1 heterocycles. The van der Waals surface area contributed by atoms with Crippen molar-refractivity contribution < 1.29 is 0 Å². The molecule has 0 unspecified atom stereocenters. The number of hydrogen-bond donors (Lipinski definition) is 0. The van der Waals surface area contributed by atoms with E-state index in [-0.39, 0.29) is 0 Å². The van der Waals surface area contributed by atoms with Crippen LogP contribution < -0.4 is 0 Å². The lowest BCUT2D eigenvalue weighted by Gasteiger charge is -2.06. The molecule has 108 valence electrons. The third-order valence-corrected chi connectivity index (χ3v) is 4.59. The summed E-state index contributed by atoms with van der Waals surface area (Å²) < 4.78 is 2.02. The summed E-state index contributed by atoms with van der Waals surface area (Å²) in [5, 5.41) is 10.2. The highest BCUT2D eigenvalue weighted by atomic mass is 32.2. The third kappa shape index (κ3) is 3.05. The van der Waals surface area contributed by atoms with Crippen LogP contribution in [0.1, 0.15) is 11.1 Å². The first-order valence-electron chi connectivity index (χ1n) is 6.96. The van der Waals surface area contributed by atoms with E-state index in [9.17, 15) is 5.26 Å². The molecule has 0 aliphatic carbocycles. The van der Waals surface area contributed by atoms with Gasteiger partial charge in [0.1, 0.15) is 0 Å². The van der Waals surface area contributed by atoms with Gasteiger partial charge in [-0.1, -0.05) is 54.2 Å². The van der Waals surface area contributed by atoms with E-state index in [0.717, 1.165) is 22.0 Å². The molecule has 0 N–H and O–H groups in total. The molecule has 0 aliphatic rings. The average molecular weight is 305 g/mol. The predicted octanol–water partition coefficient (Wildman–Crippen LogP) is 4.25. The van der Waals surface area contributed by atoms with Crippen molar-refractivity contribution in [2.75, 3.05) is 0 Å². The SMILES string of the molecule is Cn1ccnc1SCc1ccc(-c2ccccc2C#N)cc1. The molecule has 4 heteroatoms. The second kappa shape index (κ2) is 6.50. The van der Waals surface area contributed by atoms with Crippen molar-refractivity contribution in [3.05, 3.63) is 72.1 Å². The fourth-order valence-corrected chi connectivity index (χ4v) is 3.14. The van der Waals surface area contributed by atoms with Crippen LogP contribution in [0.25, 0.3) is 11.1 Å². The Bertz CT molecular complexity index is 813. The molecule has 22 heavy (non-hydrogen) atoms. The molecule has 0 atom stereocenters. The van der Waals surface area contributed by atoms with Crippen molar-refractivity contribution in [3.8, 4) is 17.2 Å². The minimum atomic E-state index is 0.706. The highest BCUT2D eigenvalue weighted by molar-refractivity contribution is 7.98. The van der Waals surface area contributed by atoms with Crippen molar-refractivity contribution >= 4 is 11.8 Å². The molecule has 3 rings (SSSR count). The molecule has 0 radical (unpaired) electrons. The fourth-order valence-electron chi connectivity index (χ4n) is 2.25. The van der Waals surface area contributed by atoms with Crippen molar-refractivity contribution in [1.82, 2.24) is 9.55 Å². The van der Waals surface area contributed by atoms with Crippen LogP contribution in [0.5, 0.6) is 0 Å². The lowest BCUT2D eigenvalue weighted by atomic mass is 10.00. The molecule has 0 saturated heterocycles. The number of nitrogens with zero attached hydrogens (tertiary/aromatic N) is 3. The Morgan fingerprint density at radius 2 is 1.91 bits per heavy atom. The van der Waals surface area contributed by atoms with E-state index < -0.39 is 0 Å². The van der Waals surface area contributed by atoms with Crippen LogP contribution in [0.15, 0.2) is 66.1 Å². The molecular formula is C18H15N3S. The number of rotatable bonds is 4. The number of aryl methyl sites for hydroxylation is 1. The summed E-state index contributed by atoms with van der Waals surface area (Å²) in [4.78, 5) is 4.31. The minimum absolute atomic E-state index is 0.706. The monoisotopic (exact) mass is 305 g/mol. The Labute approximate surface area is 134 Å². The number of nitriles is 1. The summed E-state index contributed by atoms with van der Waals surface area (Å²) in [5.74, 6) is 0.880. The number of thioether (sulfide) groups is 1. The lowest BCUT2D eigenvalue weighted by molar-refractivity contribution is 0.790. The first kappa shape index (κ1) is 14.4. The van der Waals surface area contributed by atoms with Gasteiger partial charge in [0, 0.05) is 25.2 Å². The Morgan fingerprint density at radius 3 is 2.59 bits per heavy atom. The highest BCUT2D eigenvalue weighted by Crippen LogP contribution is 2.26. The number of imidazole rings is 1. The van der Waals surface area contributed by atoms with E-state index in [1.165, 1.54) is 5.56 Å². The highest BCUT2D eigenvalue weighted by Gasteiger charge is 2.05. The normalized spacial score (nSPS) is 10.4. The van der Waals surface area contributed by atoms with Gasteiger partial charge in [-0.3, -0.25) is 0 Å². The maximum atomic E-state index is 9.19. The Hall–Kier alpha value is -2.51. The molecule has 0 spiro atoms. The minimum Gasteiger partial charge on any atom is -0.329 e. The van der Waals surface area contributed by atoms with Gasteiger partial charge in [0.2, 0.25) is 0 Å². The molecule has 1 aromatic heterocycles. The van der Waals surface area contributed by atoms with Gasteiger partial charge in [-0.25, -0.2) is 4.98 Å². The van der Waals surface area contributed by atoms with Gasteiger partial charge in [-0.15, -0.1) is 0 Å². The van der Waals surface area contributed by atoms with Gasteiger partial charge >= 0.3 is 0 Å². The van der Waals surface area contributed by atoms with E-state index in [0.29, 0.717) is 5.56 Å². The van der Waals surface area contributed by atoms with Crippen molar-refractivity contribution in [2.45, 2.75) is 10.9 Å². The maximum absolute atomic E-state index is 9.19. The van der Waals surface area contributed by atoms with E-state index >= 15 is 0 Å². The van der Waals surface area contributed by atoms with Crippen molar-refractivity contribution in [3.63, 3.8) is 0 Å². The lowest BCUT2D eigenvalue weighted by Crippen LogP contribution is -1.90. The molecule has 0 saturated carbocycles. The van der Waals surface area contributed by atoms with Gasteiger partial charge in [0.15, 0.2) is 5.16 Å². The molecule has 2 aromatic carbocycles. The molecular weight excluding hydrogens is 290 g/mol. The predicted molar refractivity (Wildman–Crippen MR) is 89.4 cm³/mol. The van der Waals surface area contributed by atoms with Crippen LogP contribution in [-0.2, 0) is 12.8 Å². The molecule has 0 fully saturated rings. The fraction of sp³-hybridized carbons (Fsp3) is 0.111. The van der Waals surface area contributed by atoms with Crippen LogP contribution in [0.3, 0.4) is 0 Å². The van der Waals surface area contributed by atoms with Crippen LogP contribution in [0, 0.1) is 11.3 Å². The van der Waals surface area contributed by atoms with Gasteiger partial charge in [-0.05, 0) is 22.8 Å². The van der Waals surface area contributed by atoms with Gasteiger partial charge in [0.05, 0.1) is 11.6 Å². The second-order valence-electron chi connectivity index (χ2n) is 4.96. The Morgan fingerprint density at radius 1 is 1.14 bits per heavy atom. The molecule has 3 aromatic rings. The van der Waals surface area contributed by atoms with Gasteiger partial charge < -0.3 is 4.57 Å². The van der Waals surface area contributed by atoms with Crippen LogP contribution in [0.4, 0.5) is 0 Å². The van der Waals surface area contributed by atoms with Crippen molar-refractivity contribution in [1.29, 1.82) is 5.26 Å². The second-order valence-corrected chi connectivity index (χ2v) is 5.91. The topological polar surface area (TPSA) is 41.6 Å². The summed E-state index contributed by atoms with van der Waals surface area (Å²) in [5.41, 5.74) is 4.00. The summed E-state index contributed by atoms with van der Waals surface area (Å²) in [6, 6.07) is 18.3. The van der Waals surface area contributed by atoms with Gasteiger partial charge in [-0.2, -0.15) is 5.26 Å². The van der Waals surface area contributed by atoms with Crippen LogP contribution in [-0.4, -0.2) is 9.55 Å². The number of aromatic nitrogens is 2. The first-order valence-corrected chi connectivity index (χ1v) is 7.95. The smallest absolute Gasteiger partial charge is 0.167 e. The Balaban J connectivity index is 1.76. The molecule has 0 amide bonds. The zero-order chi connectivity index (χ0) is 15.4.